The Morgan fingerprint density at radius 3 is 2.30 bits per heavy atom. The Morgan fingerprint density at radius 1 is 1.17 bits per heavy atom. The van der Waals surface area contributed by atoms with Crippen LogP contribution in [0.1, 0.15) is 44.5 Å². The number of pyridine rings is 1. The number of nitrogens with zero attached hydrogens (tertiary/aromatic N) is 3. The number of H-pyrrole nitrogens is 1. The number of anilines is 1. The van der Waals surface area contributed by atoms with Crippen molar-refractivity contribution in [3.05, 3.63) is 29.8 Å². The molecule has 11 heteroatoms. The maximum Gasteiger partial charge on any atom is 0.419 e. The first-order chi connectivity index (χ1) is 13.8. The van der Waals surface area contributed by atoms with Crippen LogP contribution in [0, 0.1) is 5.92 Å². The summed E-state index contributed by atoms with van der Waals surface area (Å²) in [6.07, 6.45) is -4.86. The summed E-state index contributed by atoms with van der Waals surface area (Å²) in [6, 6.07) is 0.972. The van der Waals surface area contributed by atoms with E-state index < -0.39 is 30.3 Å². The SMILES string of the molecule is CC(C)c1ncc(-c2cnc(N)c(C(F)(F)F)c2)[nH]1.CC1CCN(CC(F)(F)F)C1. The third-order valence-corrected chi connectivity index (χ3v) is 4.59. The molecule has 1 fully saturated rings. The Labute approximate surface area is 170 Å². The molecule has 3 heterocycles. The van der Waals surface area contributed by atoms with Crippen LogP contribution < -0.4 is 5.73 Å². The average Bonchev–Trinajstić information content (AvgIpc) is 3.23. The number of hydrogen-bond acceptors (Lipinski definition) is 4. The van der Waals surface area contributed by atoms with Gasteiger partial charge in [0, 0.05) is 24.2 Å². The summed E-state index contributed by atoms with van der Waals surface area (Å²) in [6.45, 7) is 6.31. The summed E-state index contributed by atoms with van der Waals surface area (Å²) < 4.78 is 73.6. The van der Waals surface area contributed by atoms with Crippen molar-refractivity contribution >= 4 is 5.82 Å². The third kappa shape index (κ3) is 6.89. The second-order valence-electron chi connectivity index (χ2n) is 7.74. The van der Waals surface area contributed by atoms with Gasteiger partial charge in [0.15, 0.2) is 0 Å². The Kier molecular flexibility index (Phi) is 7.38. The topological polar surface area (TPSA) is 70.8 Å². The number of rotatable bonds is 3. The number of aromatic amines is 1. The lowest BCUT2D eigenvalue weighted by atomic mass is 10.1. The van der Waals surface area contributed by atoms with Gasteiger partial charge in [-0.15, -0.1) is 0 Å². The minimum atomic E-state index is -4.52. The van der Waals surface area contributed by atoms with Gasteiger partial charge < -0.3 is 10.7 Å². The van der Waals surface area contributed by atoms with E-state index in [1.165, 1.54) is 17.3 Å². The van der Waals surface area contributed by atoms with Crippen LogP contribution in [-0.4, -0.2) is 45.7 Å². The molecule has 0 amide bonds. The van der Waals surface area contributed by atoms with E-state index in [-0.39, 0.29) is 5.92 Å². The highest BCUT2D eigenvalue weighted by Crippen LogP contribution is 2.34. The number of halogens is 6. The highest BCUT2D eigenvalue weighted by molar-refractivity contribution is 5.61. The van der Waals surface area contributed by atoms with E-state index in [1.54, 1.807) is 0 Å². The van der Waals surface area contributed by atoms with Crippen LogP contribution in [0.3, 0.4) is 0 Å². The van der Waals surface area contributed by atoms with Crippen LogP contribution in [0.5, 0.6) is 0 Å². The Bertz CT molecular complexity index is 828. The summed E-state index contributed by atoms with van der Waals surface area (Å²) >= 11 is 0. The van der Waals surface area contributed by atoms with Crippen molar-refractivity contribution in [2.75, 3.05) is 25.4 Å². The molecule has 0 radical (unpaired) electrons. The quantitative estimate of drug-likeness (QED) is 0.657. The molecule has 1 atom stereocenters. The number of nitrogens with two attached hydrogens (primary N) is 1. The summed E-state index contributed by atoms with van der Waals surface area (Å²) in [5, 5.41) is 0. The maximum absolute atomic E-state index is 12.7. The van der Waals surface area contributed by atoms with Gasteiger partial charge in [-0.25, -0.2) is 9.97 Å². The van der Waals surface area contributed by atoms with Crippen LogP contribution in [0.4, 0.5) is 32.2 Å². The number of imidazole rings is 1. The molecule has 2 aromatic heterocycles. The molecule has 3 rings (SSSR count). The molecule has 1 aliphatic rings. The minimum absolute atomic E-state index is 0.164. The third-order valence-electron chi connectivity index (χ3n) is 4.59. The molecule has 0 spiro atoms. The number of nitrogens with one attached hydrogen (secondary N) is 1. The molecular formula is C19H25F6N5. The molecule has 0 bridgehead atoms. The van der Waals surface area contributed by atoms with Crippen molar-refractivity contribution < 1.29 is 26.3 Å². The van der Waals surface area contributed by atoms with Gasteiger partial charge in [-0.3, -0.25) is 4.90 Å². The summed E-state index contributed by atoms with van der Waals surface area (Å²) in [5.41, 5.74) is 5.11. The van der Waals surface area contributed by atoms with Crippen LogP contribution in [0.25, 0.3) is 11.3 Å². The van der Waals surface area contributed by atoms with Crippen molar-refractivity contribution in [1.29, 1.82) is 0 Å². The zero-order valence-electron chi connectivity index (χ0n) is 16.9. The Balaban J connectivity index is 0.000000248. The van der Waals surface area contributed by atoms with E-state index in [1.807, 2.05) is 20.8 Å². The van der Waals surface area contributed by atoms with Crippen LogP contribution in [0.15, 0.2) is 18.5 Å². The van der Waals surface area contributed by atoms with Crippen LogP contribution in [0.2, 0.25) is 0 Å². The fourth-order valence-corrected chi connectivity index (χ4v) is 3.05. The highest BCUT2D eigenvalue weighted by Gasteiger charge is 2.34. The van der Waals surface area contributed by atoms with Crippen molar-refractivity contribution in [2.24, 2.45) is 5.92 Å². The van der Waals surface area contributed by atoms with Gasteiger partial charge in [-0.1, -0.05) is 20.8 Å². The molecule has 0 aliphatic carbocycles. The molecular weight excluding hydrogens is 412 g/mol. The first-order valence-corrected chi connectivity index (χ1v) is 9.43. The van der Waals surface area contributed by atoms with E-state index in [4.69, 9.17) is 5.73 Å². The summed E-state index contributed by atoms with van der Waals surface area (Å²) in [7, 11) is 0. The van der Waals surface area contributed by atoms with Crippen molar-refractivity contribution in [1.82, 2.24) is 19.9 Å². The smallest absolute Gasteiger partial charge is 0.383 e. The molecule has 0 aromatic carbocycles. The number of nitrogen functional groups attached to an aromatic ring is 1. The van der Waals surface area contributed by atoms with Gasteiger partial charge in [-0.2, -0.15) is 26.3 Å². The second kappa shape index (κ2) is 9.23. The zero-order chi connectivity index (χ0) is 22.7. The largest absolute Gasteiger partial charge is 0.419 e. The van der Waals surface area contributed by atoms with Crippen molar-refractivity contribution in [2.45, 2.75) is 45.5 Å². The van der Waals surface area contributed by atoms with Gasteiger partial charge in [0.05, 0.1) is 24.0 Å². The summed E-state index contributed by atoms with van der Waals surface area (Å²) in [4.78, 5) is 12.1. The van der Waals surface area contributed by atoms with Crippen LogP contribution >= 0.6 is 0 Å². The second-order valence-corrected chi connectivity index (χ2v) is 7.74. The van der Waals surface area contributed by atoms with E-state index in [9.17, 15) is 26.3 Å². The highest BCUT2D eigenvalue weighted by atomic mass is 19.4. The molecule has 0 saturated carbocycles. The number of alkyl halides is 6. The number of hydrogen-bond donors (Lipinski definition) is 2. The van der Waals surface area contributed by atoms with Crippen molar-refractivity contribution in [3.63, 3.8) is 0 Å². The maximum atomic E-state index is 12.7. The first-order valence-electron chi connectivity index (χ1n) is 9.43. The van der Waals surface area contributed by atoms with Crippen LogP contribution in [-0.2, 0) is 6.18 Å². The van der Waals surface area contributed by atoms with Gasteiger partial charge in [0.25, 0.3) is 0 Å². The van der Waals surface area contributed by atoms with Gasteiger partial charge in [-0.05, 0) is 24.9 Å². The van der Waals surface area contributed by atoms with E-state index in [0.717, 1.165) is 12.5 Å². The fourth-order valence-electron chi connectivity index (χ4n) is 3.05. The monoisotopic (exact) mass is 437 g/mol. The average molecular weight is 437 g/mol. The lowest BCUT2D eigenvalue weighted by Crippen LogP contribution is -2.32. The van der Waals surface area contributed by atoms with Gasteiger partial charge in [0.2, 0.25) is 0 Å². The molecule has 1 unspecified atom stereocenters. The molecule has 30 heavy (non-hydrogen) atoms. The summed E-state index contributed by atoms with van der Waals surface area (Å²) in [5.74, 6) is 0.773. The number of aromatic nitrogens is 3. The minimum Gasteiger partial charge on any atom is -0.383 e. The predicted octanol–water partition coefficient (Wildman–Crippen LogP) is 5.09. The molecule has 1 aliphatic heterocycles. The molecule has 2 aromatic rings. The predicted molar refractivity (Wildman–Crippen MR) is 102 cm³/mol. The van der Waals surface area contributed by atoms with E-state index in [2.05, 4.69) is 15.0 Å². The van der Waals surface area contributed by atoms with E-state index >= 15 is 0 Å². The Morgan fingerprint density at radius 2 is 1.83 bits per heavy atom. The fraction of sp³-hybridized carbons (Fsp3) is 0.579. The molecule has 1 saturated heterocycles. The number of likely N-dealkylation sites (tertiary alicyclic amines) is 1. The standard InChI is InChI=1S/C12H13F3N4.C7H12F3N/c1-6(2)11-18-5-9(19-11)7-3-8(12(13,14)15)10(16)17-4-7;1-6-2-3-11(4-6)5-7(8,9)10/h3-6H,1-2H3,(H2,16,17)(H,18,19);6H,2-5H2,1H3. The molecule has 3 N–H and O–H groups in total. The first kappa shape index (κ1) is 24.0. The normalized spacial score (nSPS) is 17.9. The van der Waals surface area contributed by atoms with Gasteiger partial charge >= 0.3 is 12.4 Å². The van der Waals surface area contributed by atoms with Gasteiger partial charge in [0.1, 0.15) is 11.6 Å². The molecule has 5 nitrogen and oxygen atoms in total. The lowest BCUT2D eigenvalue weighted by Gasteiger charge is -2.16. The molecule has 168 valence electrons. The zero-order valence-corrected chi connectivity index (χ0v) is 16.9. The Hall–Kier alpha value is -2.30. The lowest BCUT2D eigenvalue weighted by molar-refractivity contribution is -0.143. The van der Waals surface area contributed by atoms with Crippen molar-refractivity contribution in [3.8, 4) is 11.3 Å². The van der Waals surface area contributed by atoms with E-state index in [0.29, 0.717) is 36.1 Å².